The Kier molecular flexibility index (Phi) is 10.2. The van der Waals surface area contributed by atoms with Gasteiger partial charge in [0.1, 0.15) is 0 Å². The Balaban J connectivity index is 3.60. The quantitative estimate of drug-likeness (QED) is 0.374. The maximum absolute atomic E-state index is 10.3. The molecule has 1 nitrogen and oxygen atoms in total. The fraction of sp³-hybridized carbons (Fsp3) is 0.750. The van der Waals surface area contributed by atoms with Gasteiger partial charge in [-0.2, -0.15) is 0 Å². The van der Waals surface area contributed by atoms with E-state index in [1.165, 1.54) is 38.5 Å². The second-order valence-corrected chi connectivity index (χ2v) is 5.08. The first-order valence-electron chi connectivity index (χ1n) is 7.12. The zero-order chi connectivity index (χ0) is 13.0. The van der Waals surface area contributed by atoms with Crippen LogP contribution in [0.25, 0.3) is 0 Å². The van der Waals surface area contributed by atoms with Crippen LogP contribution in [0.15, 0.2) is 25.3 Å². The Bertz CT molecular complexity index is 186. The van der Waals surface area contributed by atoms with Gasteiger partial charge in [-0.3, -0.25) is 0 Å². The molecule has 1 heteroatoms. The standard InChI is InChI=1S/C16H30O/c1-4-7-8-9-10-11-12-15-16(17,13-5-2)14-6-3/h5-6,17H,2-4,7-15H2,1H3. The molecule has 0 radical (unpaired) electrons. The van der Waals surface area contributed by atoms with E-state index in [1.54, 1.807) is 0 Å². The van der Waals surface area contributed by atoms with Crippen LogP contribution >= 0.6 is 0 Å². The summed E-state index contributed by atoms with van der Waals surface area (Å²) in [5.41, 5.74) is -0.590. The Morgan fingerprint density at radius 2 is 1.35 bits per heavy atom. The molecule has 1 N–H and O–H groups in total. The third-order valence-electron chi connectivity index (χ3n) is 3.29. The Morgan fingerprint density at radius 3 is 1.82 bits per heavy atom. The van der Waals surface area contributed by atoms with Crippen molar-refractivity contribution < 1.29 is 5.11 Å². The second kappa shape index (κ2) is 10.6. The van der Waals surface area contributed by atoms with Crippen molar-refractivity contribution in [3.8, 4) is 0 Å². The molecule has 0 fully saturated rings. The minimum atomic E-state index is -0.590. The molecule has 0 aromatic carbocycles. The van der Waals surface area contributed by atoms with Gasteiger partial charge in [0.2, 0.25) is 0 Å². The van der Waals surface area contributed by atoms with Crippen LogP contribution in [0.5, 0.6) is 0 Å². The van der Waals surface area contributed by atoms with Crippen LogP contribution in [0.3, 0.4) is 0 Å². The zero-order valence-corrected chi connectivity index (χ0v) is 11.6. The predicted octanol–water partition coefficient (Wildman–Crippen LogP) is 5.01. The van der Waals surface area contributed by atoms with Gasteiger partial charge in [0.05, 0.1) is 5.60 Å². The summed E-state index contributed by atoms with van der Waals surface area (Å²) in [6.45, 7) is 9.66. The largest absolute Gasteiger partial charge is 0.389 e. The lowest BCUT2D eigenvalue weighted by molar-refractivity contribution is 0.0347. The molecule has 0 rings (SSSR count). The molecule has 0 unspecified atom stereocenters. The summed E-state index contributed by atoms with van der Waals surface area (Å²) in [5, 5.41) is 10.3. The molecule has 0 spiro atoms. The molecule has 0 amide bonds. The molecule has 0 aliphatic rings. The average molecular weight is 238 g/mol. The molecule has 0 saturated heterocycles. The molecule has 0 aliphatic carbocycles. The van der Waals surface area contributed by atoms with E-state index >= 15 is 0 Å². The van der Waals surface area contributed by atoms with E-state index < -0.39 is 5.60 Å². The van der Waals surface area contributed by atoms with E-state index in [1.807, 2.05) is 12.2 Å². The van der Waals surface area contributed by atoms with Crippen LogP contribution in [0.2, 0.25) is 0 Å². The van der Waals surface area contributed by atoms with Crippen LogP contribution < -0.4 is 0 Å². The molecule has 0 heterocycles. The number of rotatable bonds is 12. The van der Waals surface area contributed by atoms with Crippen LogP contribution in [0, 0.1) is 0 Å². The minimum Gasteiger partial charge on any atom is -0.389 e. The van der Waals surface area contributed by atoms with Crippen LogP contribution in [-0.4, -0.2) is 10.7 Å². The van der Waals surface area contributed by atoms with E-state index in [0.29, 0.717) is 12.8 Å². The monoisotopic (exact) mass is 238 g/mol. The van der Waals surface area contributed by atoms with Crippen molar-refractivity contribution in [2.75, 3.05) is 0 Å². The van der Waals surface area contributed by atoms with Crippen molar-refractivity contribution >= 4 is 0 Å². The van der Waals surface area contributed by atoms with Crippen molar-refractivity contribution in [1.29, 1.82) is 0 Å². The van der Waals surface area contributed by atoms with Crippen LogP contribution in [0.1, 0.15) is 71.1 Å². The summed E-state index contributed by atoms with van der Waals surface area (Å²) in [4.78, 5) is 0. The first kappa shape index (κ1) is 16.4. The smallest absolute Gasteiger partial charge is 0.0716 e. The molecule has 0 aliphatic heterocycles. The summed E-state index contributed by atoms with van der Waals surface area (Å²) in [6.07, 6.45) is 14.9. The lowest BCUT2D eigenvalue weighted by Gasteiger charge is -2.25. The van der Waals surface area contributed by atoms with Gasteiger partial charge in [-0.25, -0.2) is 0 Å². The topological polar surface area (TPSA) is 20.2 Å². The summed E-state index contributed by atoms with van der Waals surface area (Å²) < 4.78 is 0. The highest BCUT2D eigenvalue weighted by Gasteiger charge is 2.22. The molecule has 17 heavy (non-hydrogen) atoms. The van der Waals surface area contributed by atoms with Crippen LogP contribution in [-0.2, 0) is 0 Å². The van der Waals surface area contributed by atoms with Crippen molar-refractivity contribution in [2.45, 2.75) is 76.7 Å². The molecule has 100 valence electrons. The highest BCUT2D eigenvalue weighted by molar-refractivity contribution is 4.91. The lowest BCUT2D eigenvalue weighted by Crippen LogP contribution is -2.26. The van der Waals surface area contributed by atoms with E-state index in [4.69, 9.17) is 0 Å². The molecule has 0 aromatic rings. The van der Waals surface area contributed by atoms with Gasteiger partial charge < -0.3 is 5.11 Å². The fourth-order valence-electron chi connectivity index (χ4n) is 2.24. The maximum Gasteiger partial charge on any atom is 0.0716 e. The summed E-state index contributed by atoms with van der Waals surface area (Å²) in [6, 6.07) is 0. The third kappa shape index (κ3) is 9.17. The molecular formula is C16H30O. The van der Waals surface area contributed by atoms with Gasteiger partial charge in [0.15, 0.2) is 0 Å². The average Bonchev–Trinajstić information content (AvgIpc) is 2.28. The predicted molar refractivity (Wildman–Crippen MR) is 77.2 cm³/mol. The summed E-state index contributed by atoms with van der Waals surface area (Å²) in [7, 11) is 0. The maximum atomic E-state index is 10.3. The van der Waals surface area contributed by atoms with E-state index in [2.05, 4.69) is 20.1 Å². The zero-order valence-electron chi connectivity index (χ0n) is 11.6. The van der Waals surface area contributed by atoms with E-state index in [9.17, 15) is 5.11 Å². The van der Waals surface area contributed by atoms with Gasteiger partial charge in [-0.05, 0) is 19.3 Å². The lowest BCUT2D eigenvalue weighted by atomic mass is 9.89. The normalized spacial score (nSPS) is 11.4. The van der Waals surface area contributed by atoms with E-state index in [-0.39, 0.29) is 0 Å². The Morgan fingerprint density at radius 1 is 0.882 bits per heavy atom. The summed E-state index contributed by atoms with van der Waals surface area (Å²) in [5.74, 6) is 0. The highest BCUT2D eigenvalue weighted by Crippen LogP contribution is 2.24. The van der Waals surface area contributed by atoms with Gasteiger partial charge in [0.25, 0.3) is 0 Å². The highest BCUT2D eigenvalue weighted by atomic mass is 16.3. The van der Waals surface area contributed by atoms with Crippen LogP contribution in [0.4, 0.5) is 0 Å². The van der Waals surface area contributed by atoms with Gasteiger partial charge in [-0.15, -0.1) is 13.2 Å². The Labute approximate surface area is 108 Å². The summed E-state index contributed by atoms with van der Waals surface area (Å²) >= 11 is 0. The van der Waals surface area contributed by atoms with Gasteiger partial charge in [0, 0.05) is 0 Å². The van der Waals surface area contributed by atoms with Crippen molar-refractivity contribution in [3.63, 3.8) is 0 Å². The number of hydrogen-bond acceptors (Lipinski definition) is 1. The number of hydrogen-bond donors (Lipinski definition) is 1. The molecule has 0 atom stereocenters. The molecule has 0 bridgehead atoms. The first-order valence-corrected chi connectivity index (χ1v) is 7.12. The number of aliphatic hydroxyl groups is 1. The Hall–Kier alpha value is -0.560. The first-order chi connectivity index (χ1) is 8.18. The third-order valence-corrected chi connectivity index (χ3v) is 3.29. The van der Waals surface area contributed by atoms with Gasteiger partial charge in [-0.1, -0.05) is 64.0 Å². The van der Waals surface area contributed by atoms with E-state index in [0.717, 1.165) is 12.8 Å². The van der Waals surface area contributed by atoms with Gasteiger partial charge >= 0.3 is 0 Å². The molecule has 0 aromatic heterocycles. The number of unbranched alkanes of at least 4 members (excludes halogenated alkanes) is 6. The van der Waals surface area contributed by atoms with Crippen molar-refractivity contribution in [2.24, 2.45) is 0 Å². The minimum absolute atomic E-state index is 0.590. The second-order valence-electron chi connectivity index (χ2n) is 5.08. The van der Waals surface area contributed by atoms with Crippen molar-refractivity contribution in [3.05, 3.63) is 25.3 Å². The molecular weight excluding hydrogens is 208 g/mol. The SMILES string of the molecule is C=CCC(O)(CC=C)CCCCCCCCC. The molecule has 0 saturated carbocycles. The van der Waals surface area contributed by atoms with Crippen molar-refractivity contribution in [1.82, 2.24) is 0 Å². The fourth-order valence-corrected chi connectivity index (χ4v) is 2.24.